The van der Waals surface area contributed by atoms with Gasteiger partial charge in [-0.2, -0.15) is 0 Å². The Morgan fingerprint density at radius 3 is 2.74 bits per heavy atom. The van der Waals surface area contributed by atoms with Crippen molar-refractivity contribution in [1.29, 1.82) is 0 Å². The van der Waals surface area contributed by atoms with E-state index in [9.17, 15) is 14.9 Å². The summed E-state index contributed by atoms with van der Waals surface area (Å²) in [4.78, 5) is 22.7. The highest BCUT2D eigenvalue weighted by atomic mass is 16.6. The maximum Gasteiger partial charge on any atom is 0.323 e. The lowest BCUT2D eigenvalue weighted by Gasteiger charge is -2.22. The third-order valence-corrected chi connectivity index (χ3v) is 2.65. The van der Waals surface area contributed by atoms with Crippen LogP contribution in [0.2, 0.25) is 0 Å². The maximum atomic E-state index is 10.9. The third kappa shape index (κ3) is 4.22. The van der Waals surface area contributed by atoms with Crippen molar-refractivity contribution >= 4 is 17.3 Å². The van der Waals surface area contributed by atoms with Crippen molar-refractivity contribution in [3.05, 3.63) is 33.9 Å². The van der Waals surface area contributed by atoms with Gasteiger partial charge in [-0.1, -0.05) is 6.07 Å². The molecule has 0 amide bonds. The zero-order valence-electron chi connectivity index (χ0n) is 10.8. The lowest BCUT2D eigenvalue weighted by atomic mass is 10.1. The number of ether oxygens (including phenoxy) is 1. The molecule has 0 aliphatic rings. The topological polar surface area (TPSA) is 92.9 Å². The number of benzene rings is 1. The van der Waals surface area contributed by atoms with Crippen LogP contribution in [0, 0.1) is 17.0 Å². The maximum absolute atomic E-state index is 10.9. The summed E-state index contributed by atoms with van der Waals surface area (Å²) in [7, 11) is 1.51. The fourth-order valence-electron chi connectivity index (χ4n) is 1.66. The van der Waals surface area contributed by atoms with E-state index in [1.807, 2.05) is 0 Å². The number of nitro groups is 1. The molecule has 1 N–H and O–H groups in total. The molecule has 0 unspecified atom stereocenters. The molecule has 1 aromatic carbocycles. The number of methoxy groups -OCH3 is 1. The van der Waals surface area contributed by atoms with Crippen molar-refractivity contribution in [2.24, 2.45) is 0 Å². The second kappa shape index (κ2) is 6.69. The molecular formula is C12H16N2O5. The number of aliphatic carboxylic acids is 1. The highest BCUT2D eigenvalue weighted by Gasteiger charge is 2.16. The van der Waals surface area contributed by atoms with Gasteiger partial charge in [0.15, 0.2) is 0 Å². The Morgan fingerprint density at radius 1 is 1.53 bits per heavy atom. The minimum absolute atomic E-state index is 0.0229. The summed E-state index contributed by atoms with van der Waals surface area (Å²) in [6.45, 7) is 2.10. The summed E-state index contributed by atoms with van der Waals surface area (Å²) < 4.78 is 4.91. The first-order chi connectivity index (χ1) is 8.95. The van der Waals surface area contributed by atoms with Crippen LogP contribution in [-0.4, -0.2) is 42.8 Å². The standard InChI is InChI=1S/C12H16N2O5/c1-9-3-4-10(7-11(9)14(17)18)13(5-6-19-2)8-12(15)16/h3-4,7H,5-6,8H2,1-2H3,(H,15,16). The van der Waals surface area contributed by atoms with Gasteiger partial charge in [-0.15, -0.1) is 0 Å². The van der Waals surface area contributed by atoms with E-state index in [0.29, 0.717) is 24.4 Å². The van der Waals surface area contributed by atoms with E-state index in [-0.39, 0.29) is 12.2 Å². The van der Waals surface area contributed by atoms with Crippen LogP contribution in [0.1, 0.15) is 5.56 Å². The number of carboxylic acids is 1. The minimum atomic E-state index is -1.00. The first-order valence-electron chi connectivity index (χ1n) is 5.66. The average Bonchev–Trinajstić information content (AvgIpc) is 2.34. The van der Waals surface area contributed by atoms with Crippen LogP contribution in [0.3, 0.4) is 0 Å². The number of hydrogen-bond donors (Lipinski definition) is 1. The molecule has 7 nitrogen and oxygen atoms in total. The predicted molar refractivity (Wildman–Crippen MR) is 69.6 cm³/mol. The molecule has 104 valence electrons. The molecule has 0 heterocycles. The highest BCUT2D eigenvalue weighted by Crippen LogP contribution is 2.24. The average molecular weight is 268 g/mol. The van der Waals surface area contributed by atoms with Crippen LogP contribution in [0.15, 0.2) is 18.2 Å². The van der Waals surface area contributed by atoms with E-state index in [2.05, 4.69) is 0 Å². The van der Waals surface area contributed by atoms with Crippen LogP contribution in [0.5, 0.6) is 0 Å². The molecule has 1 aromatic rings. The van der Waals surface area contributed by atoms with Crippen LogP contribution >= 0.6 is 0 Å². The number of rotatable bonds is 7. The van der Waals surface area contributed by atoms with Gasteiger partial charge in [0, 0.05) is 31.0 Å². The van der Waals surface area contributed by atoms with Crippen LogP contribution < -0.4 is 4.90 Å². The Morgan fingerprint density at radius 2 is 2.21 bits per heavy atom. The second-order valence-corrected chi connectivity index (χ2v) is 4.04. The number of carboxylic acid groups (broad SMARTS) is 1. The van der Waals surface area contributed by atoms with Gasteiger partial charge in [0.2, 0.25) is 0 Å². The first kappa shape index (κ1) is 14.9. The third-order valence-electron chi connectivity index (χ3n) is 2.65. The van der Waals surface area contributed by atoms with E-state index in [1.54, 1.807) is 19.1 Å². The number of nitro benzene ring substituents is 1. The van der Waals surface area contributed by atoms with Crippen LogP contribution in [0.4, 0.5) is 11.4 Å². The lowest BCUT2D eigenvalue weighted by molar-refractivity contribution is -0.385. The lowest BCUT2D eigenvalue weighted by Crippen LogP contribution is -2.32. The second-order valence-electron chi connectivity index (χ2n) is 4.04. The van der Waals surface area contributed by atoms with E-state index >= 15 is 0 Å². The molecule has 0 fully saturated rings. The number of anilines is 1. The summed E-state index contributed by atoms with van der Waals surface area (Å²) in [6.07, 6.45) is 0. The number of nitrogens with zero attached hydrogens (tertiary/aromatic N) is 2. The fourth-order valence-corrected chi connectivity index (χ4v) is 1.66. The highest BCUT2D eigenvalue weighted by molar-refractivity contribution is 5.74. The Hall–Kier alpha value is -2.15. The van der Waals surface area contributed by atoms with Gasteiger partial charge in [0.05, 0.1) is 11.5 Å². The molecule has 0 atom stereocenters. The summed E-state index contributed by atoms with van der Waals surface area (Å²) in [6, 6.07) is 4.66. The Labute approximate surface area is 110 Å². The molecular weight excluding hydrogens is 252 g/mol. The molecule has 0 saturated carbocycles. The monoisotopic (exact) mass is 268 g/mol. The van der Waals surface area contributed by atoms with Gasteiger partial charge >= 0.3 is 5.97 Å². The smallest absolute Gasteiger partial charge is 0.323 e. The number of aryl methyl sites for hydroxylation is 1. The Bertz CT molecular complexity index is 475. The van der Waals surface area contributed by atoms with Gasteiger partial charge in [-0.25, -0.2) is 0 Å². The van der Waals surface area contributed by atoms with Crippen molar-refractivity contribution in [3.63, 3.8) is 0 Å². The van der Waals surface area contributed by atoms with Crippen LogP contribution in [-0.2, 0) is 9.53 Å². The van der Waals surface area contributed by atoms with E-state index < -0.39 is 10.9 Å². The quantitative estimate of drug-likeness (QED) is 0.594. The number of carbonyl (C=O) groups is 1. The van der Waals surface area contributed by atoms with E-state index in [0.717, 1.165) is 0 Å². The Balaban J connectivity index is 3.03. The minimum Gasteiger partial charge on any atom is -0.480 e. The molecule has 1 rings (SSSR count). The molecule has 0 aliphatic carbocycles. The van der Waals surface area contributed by atoms with Crippen LogP contribution in [0.25, 0.3) is 0 Å². The summed E-state index contributed by atoms with van der Waals surface area (Å²) in [5.74, 6) is -1.00. The van der Waals surface area contributed by atoms with Gasteiger partial charge in [0.1, 0.15) is 6.54 Å². The zero-order chi connectivity index (χ0) is 14.4. The Kier molecular flexibility index (Phi) is 5.25. The van der Waals surface area contributed by atoms with Crippen molar-refractivity contribution in [3.8, 4) is 0 Å². The van der Waals surface area contributed by atoms with Gasteiger partial charge in [-0.3, -0.25) is 14.9 Å². The van der Waals surface area contributed by atoms with Crippen molar-refractivity contribution in [2.75, 3.05) is 31.7 Å². The first-order valence-corrected chi connectivity index (χ1v) is 5.66. The molecule has 19 heavy (non-hydrogen) atoms. The SMILES string of the molecule is COCCN(CC(=O)O)c1ccc(C)c([N+](=O)[O-])c1. The van der Waals surface area contributed by atoms with Gasteiger partial charge in [-0.05, 0) is 13.0 Å². The normalized spacial score (nSPS) is 10.2. The number of hydrogen-bond acceptors (Lipinski definition) is 5. The predicted octanol–water partition coefficient (Wildman–Crippen LogP) is 1.44. The summed E-state index contributed by atoms with van der Waals surface area (Å²) in [5.41, 5.74) is 1.01. The molecule has 0 bridgehead atoms. The van der Waals surface area contributed by atoms with E-state index in [4.69, 9.17) is 9.84 Å². The van der Waals surface area contributed by atoms with Crippen molar-refractivity contribution < 1.29 is 19.6 Å². The zero-order valence-corrected chi connectivity index (χ0v) is 10.8. The van der Waals surface area contributed by atoms with E-state index in [1.165, 1.54) is 18.1 Å². The molecule has 0 spiro atoms. The summed E-state index contributed by atoms with van der Waals surface area (Å²) >= 11 is 0. The van der Waals surface area contributed by atoms with Crippen molar-refractivity contribution in [2.45, 2.75) is 6.92 Å². The van der Waals surface area contributed by atoms with Gasteiger partial charge in [0.25, 0.3) is 5.69 Å². The largest absolute Gasteiger partial charge is 0.480 e. The molecule has 0 saturated heterocycles. The van der Waals surface area contributed by atoms with Gasteiger partial charge < -0.3 is 14.7 Å². The molecule has 0 radical (unpaired) electrons. The molecule has 0 aromatic heterocycles. The fraction of sp³-hybridized carbons (Fsp3) is 0.417. The van der Waals surface area contributed by atoms with Crippen molar-refractivity contribution in [1.82, 2.24) is 0 Å². The molecule has 7 heteroatoms. The molecule has 0 aliphatic heterocycles. The summed E-state index contributed by atoms with van der Waals surface area (Å²) in [5, 5.41) is 19.7.